The molecular formula is C13H14N2O3S. The van der Waals surface area contributed by atoms with E-state index in [0.29, 0.717) is 5.69 Å². The van der Waals surface area contributed by atoms with Crippen molar-refractivity contribution in [1.82, 2.24) is 9.78 Å². The van der Waals surface area contributed by atoms with E-state index in [0.717, 1.165) is 5.69 Å². The number of hydrogen-bond acceptors (Lipinski definition) is 4. The molecule has 2 aromatic rings. The lowest BCUT2D eigenvalue weighted by molar-refractivity contribution is 0.0580. The summed E-state index contributed by atoms with van der Waals surface area (Å²) in [6.07, 6.45) is 1.79. The van der Waals surface area contributed by atoms with Crippen LogP contribution in [0.4, 0.5) is 0 Å². The van der Waals surface area contributed by atoms with Crippen LogP contribution in [0.2, 0.25) is 0 Å². The lowest BCUT2D eigenvalue weighted by Gasteiger charge is -2.22. The molecule has 1 aliphatic rings. The number of nitrogens with zero attached hydrogens (tertiary/aromatic N) is 2. The van der Waals surface area contributed by atoms with Gasteiger partial charge in [0.05, 0.1) is 22.9 Å². The van der Waals surface area contributed by atoms with E-state index in [1.165, 1.54) is 0 Å². The van der Waals surface area contributed by atoms with Gasteiger partial charge in [0, 0.05) is 6.20 Å². The van der Waals surface area contributed by atoms with Crippen LogP contribution >= 0.6 is 0 Å². The van der Waals surface area contributed by atoms with Crippen molar-refractivity contribution in [2.24, 2.45) is 0 Å². The van der Waals surface area contributed by atoms with Crippen LogP contribution in [0.3, 0.4) is 0 Å². The second-order valence-corrected chi connectivity index (χ2v) is 7.02. The first-order valence-corrected chi connectivity index (χ1v) is 7.85. The van der Waals surface area contributed by atoms with Crippen LogP contribution in [-0.2, 0) is 15.4 Å². The molecule has 3 rings (SSSR count). The van der Waals surface area contributed by atoms with Crippen LogP contribution in [0.5, 0.6) is 0 Å². The van der Waals surface area contributed by atoms with Gasteiger partial charge in [-0.3, -0.25) is 0 Å². The third-order valence-electron chi connectivity index (χ3n) is 3.41. The van der Waals surface area contributed by atoms with E-state index in [9.17, 15) is 13.5 Å². The summed E-state index contributed by atoms with van der Waals surface area (Å²) < 4.78 is 24.8. The SMILES string of the molecule is O=S1(=O)CCC(O)(c2ccnn2-c2ccccc2)C1. The number of sulfone groups is 1. The highest BCUT2D eigenvalue weighted by Gasteiger charge is 2.44. The molecule has 100 valence electrons. The van der Waals surface area contributed by atoms with Crippen molar-refractivity contribution in [2.75, 3.05) is 11.5 Å². The lowest BCUT2D eigenvalue weighted by Crippen LogP contribution is -2.30. The molecule has 1 atom stereocenters. The average Bonchev–Trinajstić information content (AvgIpc) is 2.96. The van der Waals surface area contributed by atoms with Gasteiger partial charge in [-0.1, -0.05) is 18.2 Å². The Balaban J connectivity index is 2.07. The van der Waals surface area contributed by atoms with E-state index in [2.05, 4.69) is 5.10 Å². The first kappa shape index (κ1) is 12.4. The van der Waals surface area contributed by atoms with E-state index in [1.54, 1.807) is 16.9 Å². The maximum Gasteiger partial charge on any atom is 0.153 e. The fourth-order valence-electron chi connectivity index (χ4n) is 2.47. The number of para-hydroxylation sites is 1. The van der Waals surface area contributed by atoms with Crippen molar-refractivity contribution < 1.29 is 13.5 Å². The molecule has 1 unspecified atom stereocenters. The Bertz CT molecular complexity index is 694. The zero-order chi connectivity index (χ0) is 13.5. The summed E-state index contributed by atoms with van der Waals surface area (Å²) in [6.45, 7) is 0. The normalized spacial score (nSPS) is 25.5. The monoisotopic (exact) mass is 278 g/mol. The molecule has 1 saturated heterocycles. The smallest absolute Gasteiger partial charge is 0.153 e. The standard InChI is InChI=1S/C13H14N2O3S/c16-13(7-9-19(17,18)10-13)12-6-8-14-15(12)11-4-2-1-3-5-11/h1-6,8,16H,7,9-10H2. The number of hydrogen-bond donors (Lipinski definition) is 1. The van der Waals surface area contributed by atoms with Crippen molar-refractivity contribution >= 4 is 9.84 Å². The number of benzene rings is 1. The van der Waals surface area contributed by atoms with Crippen LogP contribution in [0, 0.1) is 0 Å². The molecular weight excluding hydrogens is 264 g/mol. The molecule has 1 N–H and O–H groups in total. The fourth-order valence-corrected chi connectivity index (χ4v) is 4.28. The van der Waals surface area contributed by atoms with Crippen LogP contribution < -0.4 is 0 Å². The Morgan fingerprint density at radius 1 is 1.21 bits per heavy atom. The highest BCUT2D eigenvalue weighted by atomic mass is 32.2. The second-order valence-electron chi connectivity index (χ2n) is 4.84. The van der Waals surface area contributed by atoms with Gasteiger partial charge in [-0.05, 0) is 24.6 Å². The van der Waals surface area contributed by atoms with Gasteiger partial charge in [0.15, 0.2) is 9.84 Å². The maximum absolute atomic E-state index is 11.6. The minimum atomic E-state index is -3.17. The largest absolute Gasteiger partial charge is 0.382 e. The predicted octanol–water partition coefficient (Wildman–Crippen LogP) is 0.878. The average molecular weight is 278 g/mol. The van der Waals surface area contributed by atoms with E-state index in [-0.39, 0.29) is 17.9 Å². The van der Waals surface area contributed by atoms with Gasteiger partial charge in [0.2, 0.25) is 0 Å². The summed E-state index contributed by atoms with van der Waals surface area (Å²) in [5.74, 6) is -0.220. The van der Waals surface area contributed by atoms with Gasteiger partial charge in [-0.25, -0.2) is 13.1 Å². The molecule has 0 bridgehead atoms. The van der Waals surface area contributed by atoms with Crippen molar-refractivity contribution in [2.45, 2.75) is 12.0 Å². The quantitative estimate of drug-likeness (QED) is 0.885. The molecule has 0 radical (unpaired) electrons. The molecule has 0 aliphatic carbocycles. The topological polar surface area (TPSA) is 72.2 Å². The Labute approximate surface area is 111 Å². The molecule has 19 heavy (non-hydrogen) atoms. The summed E-state index contributed by atoms with van der Waals surface area (Å²) >= 11 is 0. The Hall–Kier alpha value is -1.66. The molecule has 1 aromatic heterocycles. The lowest BCUT2D eigenvalue weighted by atomic mass is 9.99. The van der Waals surface area contributed by atoms with Gasteiger partial charge in [0.1, 0.15) is 5.60 Å². The van der Waals surface area contributed by atoms with Crippen molar-refractivity contribution in [1.29, 1.82) is 0 Å². The molecule has 5 nitrogen and oxygen atoms in total. The van der Waals surface area contributed by atoms with Gasteiger partial charge in [-0.15, -0.1) is 0 Å². The molecule has 0 spiro atoms. The van der Waals surface area contributed by atoms with E-state index in [1.807, 2.05) is 30.3 Å². The van der Waals surface area contributed by atoms with Gasteiger partial charge in [-0.2, -0.15) is 5.10 Å². The Morgan fingerprint density at radius 2 is 1.95 bits per heavy atom. The van der Waals surface area contributed by atoms with E-state index < -0.39 is 15.4 Å². The molecule has 1 aromatic carbocycles. The van der Waals surface area contributed by atoms with Crippen molar-refractivity contribution in [3.8, 4) is 5.69 Å². The molecule has 0 saturated carbocycles. The van der Waals surface area contributed by atoms with Crippen LogP contribution in [-0.4, -0.2) is 34.8 Å². The number of rotatable bonds is 2. The van der Waals surface area contributed by atoms with Crippen molar-refractivity contribution in [3.05, 3.63) is 48.3 Å². The summed E-state index contributed by atoms with van der Waals surface area (Å²) in [7, 11) is -3.17. The van der Waals surface area contributed by atoms with Gasteiger partial charge >= 0.3 is 0 Å². The third-order valence-corrected chi connectivity index (χ3v) is 5.15. The fraction of sp³-hybridized carbons (Fsp3) is 0.308. The zero-order valence-corrected chi connectivity index (χ0v) is 11.0. The molecule has 2 heterocycles. The summed E-state index contributed by atoms with van der Waals surface area (Å²) in [5.41, 5.74) is -0.00876. The Morgan fingerprint density at radius 3 is 2.58 bits per heavy atom. The molecule has 0 amide bonds. The predicted molar refractivity (Wildman–Crippen MR) is 70.7 cm³/mol. The van der Waals surface area contributed by atoms with Crippen LogP contribution in [0.15, 0.2) is 42.6 Å². The van der Waals surface area contributed by atoms with Gasteiger partial charge in [0.25, 0.3) is 0 Å². The minimum Gasteiger partial charge on any atom is -0.382 e. The first-order valence-electron chi connectivity index (χ1n) is 6.03. The molecule has 1 fully saturated rings. The van der Waals surface area contributed by atoms with Crippen molar-refractivity contribution in [3.63, 3.8) is 0 Å². The van der Waals surface area contributed by atoms with Crippen LogP contribution in [0.25, 0.3) is 5.69 Å². The maximum atomic E-state index is 11.6. The number of aliphatic hydroxyl groups is 1. The molecule has 6 heteroatoms. The zero-order valence-electron chi connectivity index (χ0n) is 10.2. The summed E-state index contributed by atoms with van der Waals surface area (Å²) in [6, 6.07) is 11.0. The summed E-state index contributed by atoms with van der Waals surface area (Å²) in [4.78, 5) is 0. The third kappa shape index (κ3) is 2.17. The van der Waals surface area contributed by atoms with E-state index in [4.69, 9.17) is 0 Å². The Kier molecular flexibility index (Phi) is 2.72. The highest BCUT2D eigenvalue weighted by Crippen LogP contribution is 2.34. The van der Waals surface area contributed by atoms with Crippen LogP contribution in [0.1, 0.15) is 12.1 Å². The number of aromatic nitrogens is 2. The second kappa shape index (κ2) is 4.18. The van der Waals surface area contributed by atoms with E-state index >= 15 is 0 Å². The highest BCUT2D eigenvalue weighted by molar-refractivity contribution is 7.91. The minimum absolute atomic E-state index is 0.0173. The molecule has 1 aliphatic heterocycles. The first-order chi connectivity index (χ1) is 9.00. The summed E-state index contributed by atoms with van der Waals surface area (Å²) in [5, 5.41) is 14.8. The van der Waals surface area contributed by atoms with Gasteiger partial charge < -0.3 is 5.11 Å².